The van der Waals surface area contributed by atoms with Crippen molar-refractivity contribution in [2.24, 2.45) is 0 Å². The highest BCUT2D eigenvalue weighted by Crippen LogP contribution is 2.38. The molecule has 0 bridgehead atoms. The summed E-state index contributed by atoms with van der Waals surface area (Å²) in [5.41, 5.74) is 2.93. The van der Waals surface area contributed by atoms with Gasteiger partial charge in [0.25, 0.3) is 0 Å². The van der Waals surface area contributed by atoms with Crippen LogP contribution in [0.15, 0.2) is 22.7 Å². The van der Waals surface area contributed by atoms with E-state index in [0.717, 1.165) is 38.8 Å². The van der Waals surface area contributed by atoms with Gasteiger partial charge in [-0.3, -0.25) is 0 Å². The summed E-state index contributed by atoms with van der Waals surface area (Å²) in [6, 6.07) is 6.66. The summed E-state index contributed by atoms with van der Waals surface area (Å²) in [4.78, 5) is 0. The van der Waals surface area contributed by atoms with Gasteiger partial charge in [-0.2, -0.15) is 0 Å². The lowest BCUT2D eigenvalue weighted by Crippen LogP contribution is -2.61. The molecule has 19 heavy (non-hydrogen) atoms. The number of halogens is 1. The molecule has 3 rings (SSSR count). The molecule has 2 atom stereocenters. The summed E-state index contributed by atoms with van der Waals surface area (Å²) < 4.78 is 7.75. The summed E-state index contributed by atoms with van der Waals surface area (Å²) in [6.07, 6.45) is 4.35. The molecule has 0 amide bonds. The van der Waals surface area contributed by atoms with Crippen LogP contribution < -0.4 is 5.32 Å². The minimum atomic E-state index is -0.00881. The van der Waals surface area contributed by atoms with E-state index in [1.165, 1.54) is 15.6 Å². The molecule has 1 spiro atoms. The lowest BCUT2D eigenvalue weighted by Gasteiger charge is -2.49. The Hall–Kier alpha value is -0.380. The Morgan fingerprint density at radius 1 is 1.32 bits per heavy atom. The Morgan fingerprint density at radius 3 is 2.95 bits per heavy atom. The van der Waals surface area contributed by atoms with Gasteiger partial charge in [-0.1, -0.05) is 28.9 Å². The molecule has 1 aliphatic heterocycles. The molecule has 1 aromatic rings. The van der Waals surface area contributed by atoms with Gasteiger partial charge in [0.1, 0.15) is 0 Å². The Bertz CT molecular complexity index is 490. The van der Waals surface area contributed by atoms with Crippen LogP contribution in [-0.2, 0) is 17.6 Å². The number of benzene rings is 1. The molecule has 104 valence electrons. The summed E-state index contributed by atoms with van der Waals surface area (Å²) in [6.45, 7) is 6.41. The average molecular weight is 324 g/mol. The van der Waals surface area contributed by atoms with Crippen LogP contribution in [0.25, 0.3) is 0 Å². The van der Waals surface area contributed by atoms with Crippen molar-refractivity contribution in [2.45, 2.75) is 50.7 Å². The van der Waals surface area contributed by atoms with Gasteiger partial charge < -0.3 is 10.1 Å². The standard InChI is InChI=1S/C16H22BrNO/c1-3-15(2)10-18-11-16(19-15)7-6-12-8-14(17)5-4-13(12)9-16/h4-5,8,18H,3,6-7,9-11H2,1-2H3. The number of morpholine rings is 1. The zero-order valence-electron chi connectivity index (χ0n) is 11.8. The third-order valence-corrected chi connectivity index (χ3v) is 5.18. The molecule has 1 aromatic carbocycles. The fourth-order valence-electron chi connectivity index (χ4n) is 3.38. The van der Waals surface area contributed by atoms with Gasteiger partial charge in [-0.25, -0.2) is 0 Å². The normalized spacial score (nSPS) is 34.3. The quantitative estimate of drug-likeness (QED) is 0.854. The minimum Gasteiger partial charge on any atom is -0.366 e. The fourth-order valence-corrected chi connectivity index (χ4v) is 3.79. The zero-order chi connectivity index (χ0) is 13.5. The van der Waals surface area contributed by atoms with Crippen LogP contribution >= 0.6 is 15.9 Å². The molecule has 0 radical (unpaired) electrons. The fraction of sp³-hybridized carbons (Fsp3) is 0.625. The van der Waals surface area contributed by atoms with E-state index in [1.807, 2.05) is 0 Å². The highest BCUT2D eigenvalue weighted by Gasteiger charge is 2.43. The van der Waals surface area contributed by atoms with Crippen LogP contribution in [0.1, 0.15) is 37.8 Å². The van der Waals surface area contributed by atoms with Crippen molar-refractivity contribution in [1.82, 2.24) is 5.32 Å². The maximum atomic E-state index is 6.56. The van der Waals surface area contributed by atoms with E-state index in [4.69, 9.17) is 4.74 Å². The molecule has 0 saturated carbocycles. The van der Waals surface area contributed by atoms with Gasteiger partial charge in [0, 0.05) is 24.0 Å². The maximum absolute atomic E-state index is 6.56. The Kier molecular flexibility index (Phi) is 3.48. The van der Waals surface area contributed by atoms with Crippen molar-refractivity contribution in [3.05, 3.63) is 33.8 Å². The van der Waals surface area contributed by atoms with Crippen molar-refractivity contribution >= 4 is 15.9 Å². The molecule has 2 aliphatic rings. The first kappa shape index (κ1) is 13.6. The summed E-state index contributed by atoms with van der Waals surface area (Å²) in [5.74, 6) is 0. The van der Waals surface area contributed by atoms with Crippen molar-refractivity contribution in [1.29, 1.82) is 0 Å². The third kappa shape index (κ3) is 2.61. The van der Waals surface area contributed by atoms with Crippen molar-refractivity contribution in [3.8, 4) is 0 Å². The summed E-state index contributed by atoms with van der Waals surface area (Å²) in [5, 5.41) is 3.59. The molecule has 1 fully saturated rings. The molecule has 3 heteroatoms. The number of nitrogens with one attached hydrogen (secondary N) is 1. The van der Waals surface area contributed by atoms with E-state index >= 15 is 0 Å². The molecular formula is C16H22BrNO. The monoisotopic (exact) mass is 323 g/mol. The molecule has 0 aromatic heterocycles. The number of hydrogen-bond donors (Lipinski definition) is 1. The van der Waals surface area contributed by atoms with Crippen LogP contribution in [0.2, 0.25) is 0 Å². The topological polar surface area (TPSA) is 21.3 Å². The number of aryl methyl sites for hydroxylation is 1. The average Bonchev–Trinajstić information content (AvgIpc) is 2.39. The Labute approximate surface area is 124 Å². The van der Waals surface area contributed by atoms with Crippen molar-refractivity contribution in [2.75, 3.05) is 13.1 Å². The van der Waals surface area contributed by atoms with E-state index in [-0.39, 0.29) is 11.2 Å². The highest BCUT2D eigenvalue weighted by molar-refractivity contribution is 9.10. The van der Waals surface area contributed by atoms with Gasteiger partial charge in [-0.15, -0.1) is 0 Å². The predicted octanol–water partition coefficient (Wildman–Crippen LogP) is 3.47. The lowest BCUT2D eigenvalue weighted by atomic mass is 9.78. The summed E-state index contributed by atoms with van der Waals surface area (Å²) in [7, 11) is 0. The van der Waals surface area contributed by atoms with Gasteiger partial charge in [-0.05, 0) is 49.4 Å². The zero-order valence-corrected chi connectivity index (χ0v) is 13.3. The predicted molar refractivity (Wildman–Crippen MR) is 81.5 cm³/mol. The first-order chi connectivity index (χ1) is 9.04. The first-order valence-electron chi connectivity index (χ1n) is 7.22. The second-order valence-electron chi connectivity index (χ2n) is 6.28. The van der Waals surface area contributed by atoms with Crippen molar-refractivity contribution < 1.29 is 4.74 Å². The van der Waals surface area contributed by atoms with Gasteiger partial charge in [0.05, 0.1) is 11.2 Å². The SMILES string of the molecule is CCC1(C)CNCC2(CCc3cc(Br)ccc3C2)O1. The number of fused-ring (bicyclic) bond motifs is 1. The largest absolute Gasteiger partial charge is 0.366 e. The van der Waals surface area contributed by atoms with Crippen LogP contribution in [0.5, 0.6) is 0 Å². The van der Waals surface area contributed by atoms with E-state index in [9.17, 15) is 0 Å². The highest BCUT2D eigenvalue weighted by atomic mass is 79.9. The van der Waals surface area contributed by atoms with Crippen molar-refractivity contribution in [3.63, 3.8) is 0 Å². The second kappa shape index (κ2) is 4.87. The molecule has 2 nitrogen and oxygen atoms in total. The van der Waals surface area contributed by atoms with Crippen LogP contribution in [0, 0.1) is 0 Å². The molecule has 1 saturated heterocycles. The van der Waals surface area contributed by atoms with Gasteiger partial charge in [0.2, 0.25) is 0 Å². The Balaban J connectivity index is 1.86. The van der Waals surface area contributed by atoms with Gasteiger partial charge >= 0.3 is 0 Å². The van der Waals surface area contributed by atoms with E-state index in [0.29, 0.717) is 0 Å². The van der Waals surface area contributed by atoms with Crippen LogP contribution in [0.4, 0.5) is 0 Å². The third-order valence-electron chi connectivity index (χ3n) is 4.69. The lowest BCUT2D eigenvalue weighted by molar-refractivity contribution is -0.176. The molecule has 1 heterocycles. The number of ether oxygens (including phenoxy) is 1. The number of hydrogen-bond acceptors (Lipinski definition) is 2. The van der Waals surface area contributed by atoms with Crippen LogP contribution in [0.3, 0.4) is 0 Å². The molecular weight excluding hydrogens is 302 g/mol. The molecule has 1 aliphatic carbocycles. The van der Waals surface area contributed by atoms with E-state index < -0.39 is 0 Å². The van der Waals surface area contributed by atoms with E-state index in [1.54, 1.807) is 0 Å². The smallest absolute Gasteiger partial charge is 0.0857 e. The molecule has 2 unspecified atom stereocenters. The maximum Gasteiger partial charge on any atom is 0.0857 e. The Morgan fingerprint density at radius 2 is 2.16 bits per heavy atom. The first-order valence-corrected chi connectivity index (χ1v) is 8.02. The second-order valence-corrected chi connectivity index (χ2v) is 7.20. The van der Waals surface area contributed by atoms with Crippen LogP contribution in [-0.4, -0.2) is 24.3 Å². The van der Waals surface area contributed by atoms with Gasteiger partial charge in [0.15, 0.2) is 0 Å². The molecule has 1 N–H and O–H groups in total. The summed E-state index contributed by atoms with van der Waals surface area (Å²) >= 11 is 3.56. The minimum absolute atomic E-state index is 0.00381. The number of rotatable bonds is 1. The van der Waals surface area contributed by atoms with E-state index in [2.05, 4.69) is 53.3 Å².